The minimum Gasteiger partial charge on any atom is -0.427 e. The predicted octanol–water partition coefficient (Wildman–Crippen LogP) is 5.21. The predicted molar refractivity (Wildman–Crippen MR) is 89.9 cm³/mol. The fourth-order valence-electron chi connectivity index (χ4n) is 2.49. The van der Waals surface area contributed by atoms with Crippen LogP contribution in [0.1, 0.15) is 19.8 Å². The first-order chi connectivity index (χ1) is 10.8. The van der Waals surface area contributed by atoms with E-state index in [0.717, 1.165) is 17.5 Å². The molecule has 0 fully saturated rings. The molecule has 2 heteroatoms. The van der Waals surface area contributed by atoms with E-state index >= 15 is 0 Å². The van der Waals surface area contributed by atoms with Crippen LogP contribution < -0.4 is 4.74 Å². The van der Waals surface area contributed by atoms with Gasteiger partial charge in [-0.2, -0.15) is 0 Å². The van der Waals surface area contributed by atoms with Gasteiger partial charge in [0.2, 0.25) is 0 Å². The number of hydrogen-bond acceptors (Lipinski definition) is 2. The quantitative estimate of drug-likeness (QED) is 0.487. The molecule has 0 N–H and O–H groups in total. The molecule has 0 aliphatic heterocycles. The molecule has 0 aliphatic carbocycles. The summed E-state index contributed by atoms with van der Waals surface area (Å²) in [5, 5.41) is 2.42. The van der Waals surface area contributed by atoms with Crippen LogP contribution in [-0.2, 0) is 4.79 Å². The lowest BCUT2D eigenvalue weighted by Gasteiger charge is -2.07. The molecule has 0 saturated carbocycles. The topological polar surface area (TPSA) is 26.3 Å². The van der Waals surface area contributed by atoms with Crippen LogP contribution in [0.5, 0.6) is 5.75 Å². The molecule has 3 rings (SSSR count). The molecule has 0 bridgehead atoms. The number of hydrogen-bond donors (Lipinski definition) is 0. The van der Waals surface area contributed by atoms with E-state index < -0.39 is 0 Å². The van der Waals surface area contributed by atoms with Crippen LogP contribution in [0, 0.1) is 0 Å². The van der Waals surface area contributed by atoms with Crippen molar-refractivity contribution in [3.63, 3.8) is 0 Å². The van der Waals surface area contributed by atoms with Crippen molar-refractivity contribution in [2.75, 3.05) is 0 Å². The van der Waals surface area contributed by atoms with E-state index in [-0.39, 0.29) is 5.97 Å². The Morgan fingerprint density at radius 2 is 1.64 bits per heavy atom. The zero-order valence-electron chi connectivity index (χ0n) is 12.6. The highest BCUT2D eigenvalue weighted by molar-refractivity contribution is 5.87. The van der Waals surface area contributed by atoms with Gasteiger partial charge in [0.1, 0.15) is 5.75 Å². The molecule has 0 amide bonds. The molecule has 0 atom stereocenters. The lowest BCUT2D eigenvalue weighted by atomic mass is 10.0. The second kappa shape index (κ2) is 6.44. The van der Waals surface area contributed by atoms with Crippen LogP contribution in [0.15, 0.2) is 66.7 Å². The Bertz CT molecular complexity index is 805. The summed E-state index contributed by atoms with van der Waals surface area (Å²) in [6.45, 7) is 1.97. The van der Waals surface area contributed by atoms with Gasteiger partial charge in [0.05, 0.1) is 0 Å². The number of carbonyl (C=O) groups excluding carboxylic acids is 1. The third-order valence-electron chi connectivity index (χ3n) is 3.60. The van der Waals surface area contributed by atoms with Crippen molar-refractivity contribution in [2.24, 2.45) is 0 Å². The number of fused-ring (bicyclic) bond motifs is 1. The first kappa shape index (κ1) is 14.3. The van der Waals surface area contributed by atoms with Crippen molar-refractivity contribution in [3.05, 3.63) is 66.7 Å². The number of carbonyl (C=O) groups is 1. The number of ether oxygens (including phenoxy) is 1. The van der Waals surface area contributed by atoms with Crippen LogP contribution >= 0.6 is 0 Å². The standard InChI is InChI=1S/C20H18O2/c1-2-6-20(21)22-19-10-5-9-17(14-19)18-12-11-15-7-3-4-8-16(15)13-18/h3-5,7-14H,2,6H2,1H3. The summed E-state index contributed by atoms with van der Waals surface area (Å²) in [6, 6.07) is 22.3. The summed E-state index contributed by atoms with van der Waals surface area (Å²) in [4.78, 5) is 11.6. The highest BCUT2D eigenvalue weighted by atomic mass is 16.5. The summed E-state index contributed by atoms with van der Waals surface area (Å²) in [6.07, 6.45) is 1.24. The molecule has 22 heavy (non-hydrogen) atoms. The minimum absolute atomic E-state index is 0.182. The van der Waals surface area contributed by atoms with Gasteiger partial charge in [-0.25, -0.2) is 0 Å². The number of rotatable bonds is 4. The molecule has 0 radical (unpaired) electrons. The molecular formula is C20H18O2. The SMILES string of the molecule is CCCC(=O)Oc1cccc(-c2ccc3ccccc3c2)c1. The molecular weight excluding hydrogens is 272 g/mol. The molecule has 2 nitrogen and oxygen atoms in total. The normalized spacial score (nSPS) is 10.6. The van der Waals surface area contributed by atoms with Crippen LogP contribution in [0.4, 0.5) is 0 Å². The van der Waals surface area contributed by atoms with E-state index in [1.807, 2.05) is 43.3 Å². The van der Waals surface area contributed by atoms with Gasteiger partial charge in [-0.1, -0.05) is 55.5 Å². The highest BCUT2D eigenvalue weighted by Crippen LogP contribution is 2.27. The van der Waals surface area contributed by atoms with Gasteiger partial charge < -0.3 is 4.74 Å². The van der Waals surface area contributed by atoms with Crippen molar-refractivity contribution in [2.45, 2.75) is 19.8 Å². The molecule has 0 spiro atoms. The van der Waals surface area contributed by atoms with Gasteiger partial charge in [0, 0.05) is 6.42 Å². The summed E-state index contributed by atoms with van der Waals surface area (Å²) < 4.78 is 5.37. The maximum absolute atomic E-state index is 11.6. The third-order valence-corrected chi connectivity index (χ3v) is 3.60. The Morgan fingerprint density at radius 1 is 0.864 bits per heavy atom. The Kier molecular flexibility index (Phi) is 4.19. The second-order valence-electron chi connectivity index (χ2n) is 5.31. The van der Waals surface area contributed by atoms with Crippen molar-refractivity contribution in [1.82, 2.24) is 0 Å². The van der Waals surface area contributed by atoms with Gasteiger partial charge in [0.15, 0.2) is 0 Å². The fourth-order valence-corrected chi connectivity index (χ4v) is 2.49. The fraction of sp³-hybridized carbons (Fsp3) is 0.150. The summed E-state index contributed by atoms with van der Waals surface area (Å²) in [7, 11) is 0. The molecule has 3 aromatic rings. The smallest absolute Gasteiger partial charge is 0.311 e. The van der Waals surface area contributed by atoms with Crippen molar-refractivity contribution in [3.8, 4) is 16.9 Å². The summed E-state index contributed by atoms with van der Waals surface area (Å²) >= 11 is 0. The average molecular weight is 290 g/mol. The Balaban J connectivity index is 1.91. The van der Waals surface area contributed by atoms with Gasteiger partial charge >= 0.3 is 5.97 Å². The third kappa shape index (κ3) is 3.17. The zero-order valence-corrected chi connectivity index (χ0v) is 12.6. The summed E-state index contributed by atoms with van der Waals surface area (Å²) in [5.74, 6) is 0.419. The maximum Gasteiger partial charge on any atom is 0.311 e. The molecule has 0 aromatic heterocycles. The van der Waals surface area contributed by atoms with Crippen molar-refractivity contribution < 1.29 is 9.53 Å². The molecule has 3 aromatic carbocycles. The van der Waals surface area contributed by atoms with Crippen LogP contribution in [0.2, 0.25) is 0 Å². The zero-order chi connectivity index (χ0) is 15.4. The Morgan fingerprint density at radius 3 is 2.45 bits per heavy atom. The van der Waals surface area contributed by atoms with Crippen LogP contribution in [-0.4, -0.2) is 5.97 Å². The largest absolute Gasteiger partial charge is 0.427 e. The van der Waals surface area contributed by atoms with E-state index in [9.17, 15) is 4.79 Å². The molecule has 0 aliphatic rings. The second-order valence-corrected chi connectivity index (χ2v) is 5.31. The minimum atomic E-state index is -0.182. The molecule has 110 valence electrons. The molecule has 0 heterocycles. The number of benzene rings is 3. The van der Waals surface area contributed by atoms with E-state index in [1.165, 1.54) is 10.8 Å². The lowest BCUT2D eigenvalue weighted by molar-refractivity contribution is -0.134. The lowest BCUT2D eigenvalue weighted by Crippen LogP contribution is -2.06. The number of esters is 1. The van der Waals surface area contributed by atoms with E-state index in [4.69, 9.17) is 4.74 Å². The van der Waals surface area contributed by atoms with Gasteiger partial charge in [0.25, 0.3) is 0 Å². The first-order valence-corrected chi connectivity index (χ1v) is 7.56. The Hall–Kier alpha value is -2.61. The average Bonchev–Trinajstić information content (AvgIpc) is 2.55. The maximum atomic E-state index is 11.6. The van der Waals surface area contributed by atoms with Crippen molar-refractivity contribution >= 4 is 16.7 Å². The first-order valence-electron chi connectivity index (χ1n) is 7.56. The highest BCUT2D eigenvalue weighted by Gasteiger charge is 2.05. The Labute approximate surface area is 130 Å². The van der Waals surface area contributed by atoms with E-state index in [0.29, 0.717) is 12.2 Å². The van der Waals surface area contributed by atoms with E-state index in [2.05, 4.69) is 30.3 Å². The van der Waals surface area contributed by atoms with Crippen LogP contribution in [0.3, 0.4) is 0 Å². The molecule has 0 saturated heterocycles. The van der Waals surface area contributed by atoms with Crippen LogP contribution in [0.25, 0.3) is 21.9 Å². The summed E-state index contributed by atoms with van der Waals surface area (Å²) in [5.41, 5.74) is 2.17. The van der Waals surface area contributed by atoms with Crippen molar-refractivity contribution in [1.29, 1.82) is 0 Å². The monoisotopic (exact) mass is 290 g/mol. The van der Waals surface area contributed by atoms with E-state index in [1.54, 1.807) is 0 Å². The van der Waals surface area contributed by atoms with Gasteiger partial charge in [-0.3, -0.25) is 4.79 Å². The molecule has 0 unspecified atom stereocenters. The van der Waals surface area contributed by atoms with Gasteiger partial charge in [-0.05, 0) is 46.5 Å². The van der Waals surface area contributed by atoms with Gasteiger partial charge in [-0.15, -0.1) is 0 Å².